The number of hydrogen-bond donors (Lipinski definition) is 1. The van der Waals surface area contributed by atoms with Crippen LogP contribution in [0.5, 0.6) is 0 Å². The first-order valence-electron chi connectivity index (χ1n) is 13.0. The monoisotopic (exact) mass is 545 g/mol. The summed E-state index contributed by atoms with van der Waals surface area (Å²) in [6.45, 7) is 4.94. The van der Waals surface area contributed by atoms with Crippen LogP contribution in [0.1, 0.15) is 47.7 Å². The van der Waals surface area contributed by atoms with Gasteiger partial charge in [-0.2, -0.15) is 0 Å². The Balaban J connectivity index is 1.42. The van der Waals surface area contributed by atoms with E-state index in [0.29, 0.717) is 29.6 Å². The minimum absolute atomic E-state index is 0.0312. The highest BCUT2D eigenvalue weighted by molar-refractivity contribution is 6.35. The molecule has 3 aromatic carbocycles. The molecule has 0 bridgehead atoms. The van der Waals surface area contributed by atoms with Gasteiger partial charge in [-0.25, -0.2) is 0 Å². The number of fused-ring (bicyclic) bond motifs is 5. The zero-order chi connectivity index (χ0) is 26.6. The van der Waals surface area contributed by atoms with E-state index in [1.54, 1.807) is 21.9 Å². The van der Waals surface area contributed by atoms with Crippen LogP contribution in [0.3, 0.4) is 0 Å². The van der Waals surface area contributed by atoms with E-state index >= 15 is 0 Å². The van der Waals surface area contributed by atoms with Gasteiger partial charge >= 0.3 is 0 Å². The van der Waals surface area contributed by atoms with E-state index in [0.717, 1.165) is 39.7 Å². The fourth-order valence-electron chi connectivity index (χ4n) is 6.12. The van der Waals surface area contributed by atoms with Crippen molar-refractivity contribution in [3.63, 3.8) is 0 Å². The molecule has 0 saturated carbocycles. The number of para-hydroxylation sites is 1. The Hall–Kier alpha value is -3.28. The van der Waals surface area contributed by atoms with Crippen molar-refractivity contribution in [2.75, 3.05) is 19.6 Å². The first kappa shape index (κ1) is 25.0. The number of carbonyl (C=O) groups excluding carboxylic acids is 2. The van der Waals surface area contributed by atoms with Gasteiger partial charge in [0, 0.05) is 40.0 Å². The molecule has 4 aromatic rings. The molecule has 1 saturated heterocycles. The molecule has 0 spiro atoms. The van der Waals surface area contributed by atoms with Crippen LogP contribution in [0.15, 0.2) is 66.7 Å². The summed E-state index contributed by atoms with van der Waals surface area (Å²) >= 11 is 12.4. The molecule has 38 heavy (non-hydrogen) atoms. The molecule has 1 N–H and O–H groups in total. The molecule has 194 valence electrons. The van der Waals surface area contributed by atoms with Crippen LogP contribution in [0.2, 0.25) is 10.0 Å². The predicted octanol–water partition coefficient (Wildman–Crippen LogP) is 6.31. The number of aromatic nitrogens is 1. The Bertz CT molecular complexity index is 1560. The number of hydrogen-bond acceptors (Lipinski definition) is 2. The average molecular weight is 546 g/mol. The third-order valence-corrected chi connectivity index (χ3v) is 8.86. The van der Waals surface area contributed by atoms with Crippen molar-refractivity contribution in [1.82, 2.24) is 14.8 Å². The molecule has 2 atom stereocenters. The molecule has 3 heterocycles. The van der Waals surface area contributed by atoms with Gasteiger partial charge in [0.1, 0.15) is 0 Å². The fourth-order valence-corrected chi connectivity index (χ4v) is 6.62. The van der Waals surface area contributed by atoms with Crippen molar-refractivity contribution in [3.8, 4) is 0 Å². The van der Waals surface area contributed by atoms with Crippen molar-refractivity contribution in [3.05, 3.63) is 105 Å². The minimum Gasteiger partial charge on any atom is -0.356 e. The van der Waals surface area contributed by atoms with Gasteiger partial charge in [-0.3, -0.25) is 9.59 Å². The second-order valence-corrected chi connectivity index (χ2v) is 11.2. The number of piperazine rings is 1. The molecular formula is C31H29Cl2N3O2. The number of carbonyl (C=O) groups is 2. The molecule has 1 aromatic heterocycles. The van der Waals surface area contributed by atoms with Crippen LogP contribution in [0.25, 0.3) is 10.9 Å². The highest BCUT2D eigenvalue weighted by atomic mass is 35.5. The van der Waals surface area contributed by atoms with Crippen LogP contribution in [-0.2, 0) is 28.0 Å². The standard InChI is InChI=1S/C31H29Cl2N3O2/c1-3-19-8-10-20(11-9-19)24-17-36-27(37)18-35(15-14-21-12-13-22(32)16-25(21)33)30(38)31(36,2)29-28(24)23-6-4-5-7-26(23)34-29/h4-13,16,24,34H,3,14-15,17-18H2,1-2H3/t24-,31-/m0/s1. The molecule has 5 nitrogen and oxygen atoms in total. The number of rotatable bonds is 5. The fraction of sp³-hybridized carbons (Fsp3) is 0.290. The number of amides is 2. The van der Waals surface area contributed by atoms with Gasteiger partial charge in [0.15, 0.2) is 5.54 Å². The third-order valence-electron chi connectivity index (χ3n) is 8.27. The van der Waals surface area contributed by atoms with Crippen molar-refractivity contribution in [2.24, 2.45) is 0 Å². The number of H-pyrrole nitrogens is 1. The first-order valence-corrected chi connectivity index (χ1v) is 13.8. The van der Waals surface area contributed by atoms with Gasteiger partial charge in [-0.05, 0) is 60.2 Å². The minimum atomic E-state index is -1.12. The Kier molecular flexibility index (Phi) is 6.24. The molecular weight excluding hydrogens is 517 g/mol. The summed E-state index contributed by atoms with van der Waals surface area (Å²) in [4.78, 5) is 34.9. The van der Waals surface area contributed by atoms with Gasteiger partial charge in [0.05, 0.1) is 12.2 Å². The number of nitrogens with one attached hydrogen (secondary N) is 1. The van der Waals surface area contributed by atoms with E-state index < -0.39 is 5.54 Å². The highest BCUT2D eigenvalue weighted by Crippen LogP contribution is 2.48. The molecule has 2 amide bonds. The van der Waals surface area contributed by atoms with Gasteiger partial charge in [0.2, 0.25) is 5.91 Å². The number of aryl methyl sites for hydroxylation is 1. The molecule has 0 unspecified atom stereocenters. The maximum atomic E-state index is 14.2. The largest absolute Gasteiger partial charge is 0.356 e. The number of aromatic amines is 1. The average Bonchev–Trinajstić information content (AvgIpc) is 3.32. The molecule has 0 radical (unpaired) electrons. The second-order valence-electron chi connectivity index (χ2n) is 10.4. The number of nitrogens with zero attached hydrogens (tertiary/aromatic N) is 2. The predicted molar refractivity (Wildman–Crippen MR) is 152 cm³/mol. The summed E-state index contributed by atoms with van der Waals surface area (Å²) < 4.78 is 0. The molecule has 6 rings (SSSR count). The third kappa shape index (κ3) is 3.91. The van der Waals surface area contributed by atoms with Crippen LogP contribution < -0.4 is 0 Å². The van der Waals surface area contributed by atoms with Gasteiger partial charge in [-0.1, -0.05) is 78.7 Å². The number of halogens is 2. The van der Waals surface area contributed by atoms with Crippen molar-refractivity contribution < 1.29 is 9.59 Å². The molecule has 0 aliphatic carbocycles. The summed E-state index contributed by atoms with van der Waals surface area (Å²) in [7, 11) is 0. The summed E-state index contributed by atoms with van der Waals surface area (Å²) in [5.41, 5.74) is 5.09. The van der Waals surface area contributed by atoms with E-state index in [1.807, 2.05) is 31.2 Å². The summed E-state index contributed by atoms with van der Waals surface area (Å²) in [6.07, 6.45) is 1.51. The van der Waals surface area contributed by atoms with E-state index in [-0.39, 0.29) is 24.3 Å². The van der Waals surface area contributed by atoms with Crippen molar-refractivity contribution in [2.45, 2.75) is 38.1 Å². The molecule has 2 aliphatic heterocycles. The van der Waals surface area contributed by atoms with E-state index in [4.69, 9.17) is 23.2 Å². The Labute approximate surface area is 232 Å². The Morgan fingerprint density at radius 1 is 1.03 bits per heavy atom. The van der Waals surface area contributed by atoms with Crippen molar-refractivity contribution >= 4 is 45.9 Å². The topological polar surface area (TPSA) is 56.4 Å². The van der Waals surface area contributed by atoms with Crippen LogP contribution in [0, 0.1) is 0 Å². The maximum absolute atomic E-state index is 14.2. The van der Waals surface area contributed by atoms with Crippen LogP contribution in [0.4, 0.5) is 0 Å². The molecule has 7 heteroatoms. The first-order chi connectivity index (χ1) is 18.3. The lowest BCUT2D eigenvalue weighted by atomic mass is 9.76. The SMILES string of the molecule is CCc1ccc([C@@H]2CN3C(=O)CN(CCc4ccc(Cl)cc4Cl)C(=O)[C@]3(C)c3[nH]c4ccccc4c32)cc1. The Morgan fingerprint density at radius 2 is 1.79 bits per heavy atom. The lowest BCUT2D eigenvalue weighted by Crippen LogP contribution is -2.67. The normalized spacial score (nSPS) is 21.1. The lowest BCUT2D eigenvalue weighted by Gasteiger charge is -2.51. The maximum Gasteiger partial charge on any atom is 0.254 e. The van der Waals surface area contributed by atoms with Gasteiger partial charge in [-0.15, -0.1) is 0 Å². The number of benzene rings is 3. The van der Waals surface area contributed by atoms with Crippen molar-refractivity contribution in [1.29, 1.82) is 0 Å². The van der Waals surface area contributed by atoms with E-state index in [1.165, 1.54) is 5.56 Å². The second kappa shape index (κ2) is 9.48. The molecule has 2 aliphatic rings. The van der Waals surface area contributed by atoms with Gasteiger partial charge < -0.3 is 14.8 Å². The Morgan fingerprint density at radius 3 is 2.53 bits per heavy atom. The zero-order valence-electron chi connectivity index (χ0n) is 21.4. The quantitative estimate of drug-likeness (QED) is 0.319. The van der Waals surface area contributed by atoms with Crippen LogP contribution >= 0.6 is 23.2 Å². The van der Waals surface area contributed by atoms with Crippen LogP contribution in [-0.4, -0.2) is 46.2 Å². The highest BCUT2D eigenvalue weighted by Gasteiger charge is 2.56. The lowest BCUT2D eigenvalue weighted by molar-refractivity contribution is -0.166. The summed E-state index contributed by atoms with van der Waals surface area (Å²) in [6, 6.07) is 22.2. The zero-order valence-corrected chi connectivity index (χ0v) is 22.9. The molecule has 1 fully saturated rings. The van der Waals surface area contributed by atoms with Gasteiger partial charge in [0.25, 0.3) is 5.91 Å². The van der Waals surface area contributed by atoms with E-state index in [9.17, 15) is 9.59 Å². The smallest absolute Gasteiger partial charge is 0.254 e. The summed E-state index contributed by atoms with van der Waals surface area (Å²) in [5, 5.41) is 2.23. The summed E-state index contributed by atoms with van der Waals surface area (Å²) in [5.74, 6) is -0.153. The van der Waals surface area contributed by atoms with E-state index in [2.05, 4.69) is 42.2 Å².